The predicted octanol–water partition coefficient (Wildman–Crippen LogP) is 2.73. The van der Waals surface area contributed by atoms with Gasteiger partial charge in [0.1, 0.15) is 12.1 Å². The zero-order chi connectivity index (χ0) is 14.4. The second-order valence-corrected chi connectivity index (χ2v) is 5.51. The van der Waals surface area contributed by atoms with E-state index in [0.29, 0.717) is 6.54 Å². The molecule has 1 aliphatic rings. The van der Waals surface area contributed by atoms with E-state index < -0.39 is 5.97 Å². The third kappa shape index (κ3) is 3.92. The maximum absolute atomic E-state index is 11.3. The Morgan fingerprint density at radius 1 is 1.40 bits per heavy atom. The number of nitrogens with one attached hydrogen (secondary N) is 1. The topological polar surface area (TPSA) is 75.1 Å². The molecule has 0 spiro atoms. The molecule has 0 bridgehead atoms. The first-order valence-corrected chi connectivity index (χ1v) is 7.48. The van der Waals surface area contributed by atoms with Gasteiger partial charge in [0.05, 0.1) is 5.92 Å². The highest BCUT2D eigenvalue weighted by Crippen LogP contribution is 2.30. The van der Waals surface area contributed by atoms with Crippen molar-refractivity contribution in [3.8, 4) is 0 Å². The fourth-order valence-corrected chi connectivity index (χ4v) is 2.90. The summed E-state index contributed by atoms with van der Waals surface area (Å²) in [5, 5.41) is 12.6. The number of carbonyl (C=O) groups is 1. The Morgan fingerprint density at radius 2 is 2.20 bits per heavy atom. The summed E-state index contributed by atoms with van der Waals surface area (Å²) in [6.45, 7) is 2.80. The summed E-state index contributed by atoms with van der Waals surface area (Å²) >= 11 is 0. The molecule has 1 fully saturated rings. The van der Waals surface area contributed by atoms with E-state index in [4.69, 9.17) is 0 Å². The summed E-state index contributed by atoms with van der Waals surface area (Å²) in [5.41, 5.74) is 1.03. The summed E-state index contributed by atoms with van der Waals surface area (Å²) in [6, 6.07) is 1.96. The van der Waals surface area contributed by atoms with E-state index in [1.807, 2.05) is 6.07 Å². The van der Waals surface area contributed by atoms with E-state index in [0.717, 1.165) is 50.0 Å². The molecule has 1 aliphatic carbocycles. The molecule has 110 valence electrons. The van der Waals surface area contributed by atoms with Crippen molar-refractivity contribution >= 4 is 11.8 Å². The molecule has 1 aromatic heterocycles. The third-order valence-electron chi connectivity index (χ3n) is 4.00. The van der Waals surface area contributed by atoms with Crippen molar-refractivity contribution in [3.05, 3.63) is 18.1 Å². The SMILES string of the molecule is CCCc1cc(NCC2CCCCC2C(=O)O)ncn1. The lowest BCUT2D eigenvalue weighted by Gasteiger charge is -2.28. The minimum Gasteiger partial charge on any atom is -0.481 e. The van der Waals surface area contributed by atoms with Crippen LogP contribution in [0.25, 0.3) is 0 Å². The number of anilines is 1. The molecule has 0 amide bonds. The maximum Gasteiger partial charge on any atom is 0.306 e. The first kappa shape index (κ1) is 14.8. The van der Waals surface area contributed by atoms with Crippen LogP contribution in [0.4, 0.5) is 5.82 Å². The minimum absolute atomic E-state index is 0.200. The standard InChI is InChI=1S/C15H23N3O2/c1-2-5-12-8-14(18-10-17-12)16-9-11-6-3-4-7-13(11)15(19)20/h8,10-11,13H,2-7,9H2,1H3,(H,19,20)(H,16,17,18). The molecule has 20 heavy (non-hydrogen) atoms. The van der Waals surface area contributed by atoms with Crippen LogP contribution in [0, 0.1) is 11.8 Å². The summed E-state index contributed by atoms with van der Waals surface area (Å²) in [6.07, 6.45) is 7.51. The molecule has 2 rings (SSSR count). The van der Waals surface area contributed by atoms with Crippen molar-refractivity contribution in [2.75, 3.05) is 11.9 Å². The zero-order valence-corrected chi connectivity index (χ0v) is 12.0. The first-order chi connectivity index (χ1) is 9.70. The van der Waals surface area contributed by atoms with Gasteiger partial charge >= 0.3 is 5.97 Å². The van der Waals surface area contributed by atoms with Gasteiger partial charge in [0.25, 0.3) is 0 Å². The molecule has 2 N–H and O–H groups in total. The fourth-order valence-electron chi connectivity index (χ4n) is 2.90. The number of rotatable bonds is 6. The molecule has 2 atom stereocenters. The predicted molar refractivity (Wildman–Crippen MR) is 77.6 cm³/mol. The largest absolute Gasteiger partial charge is 0.481 e. The molecule has 0 radical (unpaired) electrons. The van der Waals surface area contributed by atoms with Gasteiger partial charge in [0.15, 0.2) is 0 Å². The van der Waals surface area contributed by atoms with Crippen molar-refractivity contribution in [1.29, 1.82) is 0 Å². The van der Waals surface area contributed by atoms with Gasteiger partial charge in [-0.05, 0) is 25.2 Å². The Hall–Kier alpha value is -1.65. The van der Waals surface area contributed by atoms with Gasteiger partial charge in [-0.1, -0.05) is 26.2 Å². The van der Waals surface area contributed by atoms with E-state index in [9.17, 15) is 9.90 Å². The first-order valence-electron chi connectivity index (χ1n) is 7.48. The Labute approximate surface area is 119 Å². The van der Waals surface area contributed by atoms with E-state index in [1.54, 1.807) is 6.33 Å². The van der Waals surface area contributed by atoms with Gasteiger partial charge < -0.3 is 10.4 Å². The normalized spacial score (nSPS) is 22.4. The lowest BCUT2D eigenvalue weighted by molar-refractivity contribution is -0.144. The van der Waals surface area contributed by atoms with Crippen LogP contribution in [0.2, 0.25) is 0 Å². The molecule has 1 saturated carbocycles. The third-order valence-corrected chi connectivity index (χ3v) is 4.00. The van der Waals surface area contributed by atoms with Gasteiger partial charge in [0.2, 0.25) is 0 Å². The van der Waals surface area contributed by atoms with Crippen LogP contribution in [0.3, 0.4) is 0 Å². The molecule has 0 aromatic carbocycles. The quantitative estimate of drug-likeness (QED) is 0.836. The van der Waals surface area contributed by atoms with E-state index in [2.05, 4.69) is 22.2 Å². The molecule has 1 heterocycles. The lowest BCUT2D eigenvalue weighted by Crippen LogP contribution is -2.31. The molecule has 0 aliphatic heterocycles. The smallest absolute Gasteiger partial charge is 0.306 e. The molecular formula is C15H23N3O2. The second-order valence-electron chi connectivity index (χ2n) is 5.51. The maximum atomic E-state index is 11.3. The van der Waals surface area contributed by atoms with Crippen LogP contribution in [0.15, 0.2) is 12.4 Å². The van der Waals surface area contributed by atoms with E-state index >= 15 is 0 Å². The van der Waals surface area contributed by atoms with Crippen LogP contribution < -0.4 is 5.32 Å². The van der Waals surface area contributed by atoms with Gasteiger partial charge in [-0.2, -0.15) is 0 Å². The molecule has 5 heteroatoms. The molecule has 2 unspecified atom stereocenters. The fraction of sp³-hybridized carbons (Fsp3) is 0.667. The number of hydrogen-bond acceptors (Lipinski definition) is 4. The van der Waals surface area contributed by atoms with Gasteiger partial charge in [0, 0.05) is 18.3 Å². The highest BCUT2D eigenvalue weighted by Gasteiger charge is 2.30. The molecular weight excluding hydrogens is 254 g/mol. The zero-order valence-electron chi connectivity index (χ0n) is 12.0. The number of aryl methyl sites for hydroxylation is 1. The minimum atomic E-state index is -0.661. The second kappa shape index (κ2) is 7.22. The van der Waals surface area contributed by atoms with Crippen LogP contribution in [-0.2, 0) is 11.2 Å². The van der Waals surface area contributed by atoms with Crippen molar-refractivity contribution in [3.63, 3.8) is 0 Å². The van der Waals surface area contributed by atoms with Crippen LogP contribution in [0.5, 0.6) is 0 Å². The lowest BCUT2D eigenvalue weighted by atomic mass is 9.79. The Kier molecular flexibility index (Phi) is 5.32. The summed E-state index contributed by atoms with van der Waals surface area (Å²) in [7, 11) is 0. The Bertz CT molecular complexity index is 450. The highest BCUT2D eigenvalue weighted by atomic mass is 16.4. The van der Waals surface area contributed by atoms with E-state index in [1.165, 1.54) is 0 Å². The van der Waals surface area contributed by atoms with Gasteiger partial charge in [-0.25, -0.2) is 9.97 Å². The summed E-state index contributed by atoms with van der Waals surface area (Å²) < 4.78 is 0. The number of nitrogens with zero attached hydrogens (tertiary/aromatic N) is 2. The van der Waals surface area contributed by atoms with Crippen molar-refractivity contribution in [1.82, 2.24) is 9.97 Å². The highest BCUT2D eigenvalue weighted by molar-refractivity contribution is 5.70. The average Bonchev–Trinajstić information content (AvgIpc) is 2.46. The average molecular weight is 277 g/mol. The summed E-state index contributed by atoms with van der Waals surface area (Å²) in [5.74, 6) is 0.128. The van der Waals surface area contributed by atoms with Crippen molar-refractivity contribution in [2.24, 2.45) is 11.8 Å². The molecule has 5 nitrogen and oxygen atoms in total. The van der Waals surface area contributed by atoms with Crippen molar-refractivity contribution in [2.45, 2.75) is 45.4 Å². The summed E-state index contributed by atoms with van der Waals surface area (Å²) in [4.78, 5) is 19.7. The number of carboxylic acid groups (broad SMARTS) is 1. The van der Waals surface area contributed by atoms with Gasteiger partial charge in [-0.3, -0.25) is 4.79 Å². The van der Waals surface area contributed by atoms with Gasteiger partial charge in [-0.15, -0.1) is 0 Å². The molecule has 1 aromatic rings. The van der Waals surface area contributed by atoms with Crippen LogP contribution in [-0.4, -0.2) is 27.6 Å². The number of carboxylic acids is 1. The number of hydrogen-bond donors (Lipinski definition) is 2. The molecule has 0 saturated heterocycles. The number of aromatic nitrogens is 2. The van der Waals surface area contributed by atoms with E-state index in [-0.39, 0.29) is 11.8 Å². The van der Waals surface area contributed by atoms with Crippen LogP contribution in [0.1, 0.15) is 44.7 Å². The number of aliphatic carboxylic acids is 1. The van der Waals surface area contributed by atoms with Crippen LogP contribution >= 0.6 is 0 Å². The van der Waals surface area contributed by atoms with Crippen molar-refractivity contribution < 1.29 is 9.90 Å². The Balaban J connectivity index is 1.93. The Morgan fingerprint density at radius 3 is 2.95 bits per heavy atom. The monoisotopic (exact) mass is 277 g/mol.